The maximum Gasteiger partial charge on any atom is 0.326 e. The quantitative estimate of drug-likeness (QED) is 0.826. The first-order valence-corrected chi connectivity index (χ1v) is 9.50. The van der Waals surface area contributed by atoms with Crippen molar-refractivity contribution in [2.75, 3.05) is 6.54 Å². The van der Waals surface area contributed by atoms with Gasteiger partial charge in [0.1, 0.15) is 18.3 Å². The van der Waals surface area contributed by atoms with Crippen molar-refractivity contribution >= 4 is 17.8 Å². The number of nitrogens with one attached hydrogen (secondary N) is 1. The predicted molar refractivity (Wildman–Crippen MR) is 96.9 cm³/mol. The van der Waals surface area contributed by atoms with Gasteiger partial charge in [0.25, 0.3) is 5.91 Å². The molecule has 2 N–H and O–H groups in total. The predicted octanol–water partition coefficient (Wildman–Crippen LogP) is 2.39. The summed E-state index contributed by atoms with van der Waals surface area (Å²) in [6.45, 7) is -0.236. The van der Waals surface area contributed by atoms with E-state index in [1.807, 2.05) is 0 Å². The van der Waals surface area contributed by atoms with E-state index in [-0.39, 0.29) is 24.8 Å². The van der Waals surface area contributed by atoms with Crippen molar-refractivity contribution < 1.29 is 23.9 Å². The molecule has 1 unspecified atom stereocenters. The number of aliphatic carboxylic acids is 1. The van der Waals surface area contributed by atoms with Gasteiger partial charge < -0.3 is 15.3 Å². The minimum atomic E-state index is -1.35. The van der Waals surface area contributed by atoms with E-state index in [1.54, 1.807) is 30.3 Å². The SMILES string of the molecule is O=C(NC(C(=O)N1C[C@@H](F)C[C@H]1C(=O)O)C1CCCCC1)c1ccccc1. The van der Waals surface area contributed by atoms with Crippen LogP contribution in [0.1, 0.15) is 48.9 Å². The zero-order chi connectivity index (χ0) is 19.4. The van der Waals surface area contributed by atoms with Crippen molar-refractivity contribution in [3.05, 3.63) is 35.9 Å². The number of likely N-dealkylation sites (tertiary alicyclic amines) is 1. The van der Waals surface area contributed by atoms with Gasteiger partial charge in [-0.25, -0.2) is 9.18 Å². The fourth-order valence-electron chi connectivity index (χ4n) is 4.10. The lowest BCUT2D eigenvalue weighted by molar-refractivity contribution is -0.149. The van der Waals surface area contributed by atoms with Crippen LogP contribution in [0.15, 0.2) is 30.3 Å². The van der Waals surface area contributed by atoms with Gasteiger partial charge in [-0.2, -0.15) is 0 Å². The Bertz CT molecular complexity index is 690. The second-order valence-electron chi connectivity index (χ2n) is 7.39. The highest BCUT2D eigenvalue weighted by Gasteiger charge is 2.44. The molecule has 3 atom stereocenters. The van der Waals surface area contributed by atoms with Gasteiger partial charge in [0.05, 0.1) is 6.54 Å². The first-order valence-electron chi connectivity index (χ1n) is 9.50. The van der Waals surface area contributed by atoms with Gasteiger partial charge in [-0.1, -0.05) is 37.5 Å². The number of halogens is 1. The molecular formula is C20H25FN2O4. The molecule has 1 saturated carbocycles. The fourth-order valence-corrected chi connectivity index (χ4v) is 4.10. The normalized spacial score (nSPS) is 24.4. The maximum absolute atomic E-state index is 13.8. The molecule has 1 aromatic carbocycles. The van der Waals surface area contributed by atoms with Crippen LogP contribution in [-0.4, -0.2) is 52.6 Å². The molecule has 0 bridgehead atoms. The van der Waals surface area contributed by atoms with E-state index in [1.165, 1.54) is 0 Å². The largest absolute Gasteiger partial charge is 0.480 e. The molecule has 0 aromatic heterocycles. The first-order chi connectivity index (χ1) is 13.0. The van der Waals surface area contributed by atoms with Gasteiger partial charge in [0.2, 0.25) is 5.91 Å². The third-order valence-electron chi connectivity index (χ3n) is 5.53. The van der Waals surface area contributed by atoms with Crippen LogP contribution < -0.4 is 5.32 Å². The molecule has 1 heterocycles. The van der Waals surface area contributed by atoms with E-state index in [2.05, 4.69) is 5.32 Å². The van der Waals surface area contributed by atoms with Crippen molar-refractivity contribution in [1.82, 2.24) is 10.2 Å². The molecule has 7 heteroatoms. The Kier molecular flexibility index (Phi) is 6.08. The minimum Gasteiger partial charge on any atom is -0.480 e. The van der Waals surface area contributed by atoms with Gasteiger partial charge >= 0.3 is 5.97 Å². The van der Waals surface area contributed by atoms with E-state index < -0.39 is 30.1 Å². The summed E-state index contributed by atoms with van der Waals surface area (Å²) in [5.41, 5.74) is 0.436. The molecule has 3 rings (SSSR count). The number of alkyl halides is 1. The Balaban J connectivity index is 1.81. The smallest absolute Gasteiger partial charge is 0.326 e. The third kappa shape index (κ3) is 4.46. The molecule has 146 valence electrons. The summed E-state index contributed by atoms with van der Waals surface area (Å²) >= 11 is 0. The standard InChI is InChI=1S/C20H25FN2O4/c21-15-11-16(20(26)27)23(12-15)19(25)17(13-7-3-1-4-8-13)22-18(24)14-9-5-2-6-10-14/h2,5-6,9-10,13,15-17H,1,3-4,7-8,11-12H2,(H,22,24)(H,26,27)/t15-,16-,17?/m0/s1. The van der Waals surface area contributed by atoms with Gasteiger partial charge in [-0.3, -0.25) is 9.59 Å². The molecule has 1 aromatic rings. The lowest BCUT2D eigenvalue weighted by Gasteiger charge is -2.34. The number of rotatable bonds is 5. The van der Waals surface area contributed by atoms with Crippen LogP contribution in [0.3, 0.4) is 0 Å². The Morgan fingerprint density at radius 1 is 1.11 bits per heavy atom. The molecular weight excluding hydrogens is 351 g/mol. The molecule has 6 nitrogen and oxygen atoms in total. The zero-order valence-corrected chi connectivity index (χ0v) is 15.1. The van der Waals surface area contributed by atoms with Crippen LogP contribution >= 0.6 is 0 Å². The van der Waals surface area contributed by atoms with Gasteiger partial charge in [0, 0.05) is 12.0 Å². The summed E-state index contributed by atoms with van der Waals surface area (Å²) in [6.07, 6.45) is 3.02. The Labute approximate surface area is 157 Å². The maximum atomic E-state index is 13.8. The summed E-state index contributed by atoms with van der Waals surface area (Å²) in [5, 5.41) is 12.2. The summed E-state index contributed by atoms with van der Waals surface area (Å²) in [4.78, 5) is 38.3. The monoisotopic (exact) mass is 376 g/mol. The van der Waals surface area contributed by atoms with E-state index in [9.17, 15) is 23.9 Å². The van der Waals surface area contributed by atoms with E-state index in [0.717, 1.165) is 37.0 Å². The van der Waals surface area contributed by atoms with Crippen molar-refractivity contribution in [2.45, 2.75) is 56.8 Å². The number of amides is 2. The third-order valence-corrected chi connectivity index (χ3v) is 5.53. The Morgan fingerprint density at radius 3 is 2.41 bits per heavy atom. The van der Waals surface area contributed by atoms with E-state index in [4.69, 9.17) is 0 Å². The molecule has 0 spiro atoms. The number of carbonyl (C=O) groups is 3. The number of carboxylic acid groups (broad SMARTS) is 1. The average Bonchev–Trinajstić information content (AvgIpc) is 3.09. The summed E-state index contributed by atoms with van der Waals surface area (Å²) < 4.78 is 13.8. The highest BCUT2D eigenvalue weighted by atomic mass is 19.1. The average molecular weight is 376 g/mol. The number of nitrogens with zero attached hydrogens (tertiary/aromatic N) is 1. The number of benzene rings is 1. The Morgan fingerprint density at radius 2 is 1.78 bits per heavy atom. The summed E-state index contributed by atoms with van der Waals surface area (Å²) in [7, 11) is 0. The van der Waals surface area contributed by atoms with Crippen LogP contribution in [0.25, 0.3) is 0 Å². The van der Waals surface area contributed by atoms with Crippen molar-refractivity contribution in [3.8, 4) is 0 Å². The number of hydrogen-bond acceptors (Lipinski definition) is 3. The first kappa shape index (κ1) is 19.3. The van der Waals surface area contributed by atoms with Gasteiger partial charge in [0.15, 0.2) is 0 Å². The van der Waals surface area contributed by atoms with Crippen LogP contribution in [0.2, 0.25) is 0 Å². The zero-order valence-electron chi connectivity index (χ0n) is 15.1. The second-order valence-corrected chi connectivity index (χ2v) is 7.39. The van der Waals surface area contributed by atoms with E-state index in [0.29, 0.717) is 5.56 Å². The van der Waals surface area contributed by atoms with Crippen LogP contribution in [-0.2, 0) is 9.59 Å². The lowest BCUT2D eigenvalue weighted by Crippen LogP contribution is -2.55. The number of hydrogen-bond donors (Lipinski definition) is 2. The number of carbonyl (C=O) groups excluding carboxylic acids is 2. The van der Waals surface area contributed by atoms with Gasteiger partial charge in [-0.05, 0) is 30.9 Å². The lowest BCUT2D eigenvalue weighted by atomic mass is 9.83. The molecule has 1 saturated heterocycles. The second kappa shape index (κ2) is 8.50. The molecule has 2 aliphatic rings. The number of carboxylic acids is 1. The molecule has 1 aliphatic heterocycles. The van der Waals surface area contributed by atoms with Crippen LogP contribution in [0.5, 0.6) is 0 Å². The van der Waals surface area contributed by atoms with Crippen LogP contribution in [0, 0.1) is 5.92 Å². The summed E-state index contributed by atoms with van der Waals surface area (Å²) in [5.74, 6) is -2.13. The topological polar surface area (TPSA) is 86.7 Å². The molecule has 2 amide bonds. The van der Waals surface area contributed by atoms with Crippen molar-refractivity contribution in [3.63, 3.8) is 0 Å². The minimum absolute atomic E-state index is 0.0629. The molecule has 1 aliphatic carbocycles. The Hall–Kier alpha value is -2.44. The highest BCUT2D eigenvalue weighted by Crippen LogP contribution is 2.30. The summed E-state index contributed by atoms with van der Waals surface area (Å²) in [6, 6.07) is 6.58. The van der Waals surface area contributed by atoms with Crippen molar-refractivity contribution in [2.24, 2.45) is 5.92 Å². The molecule has 27 heavy (non-hydrogen) atoms. The molecule has 0 radical (unpaired) electrons. The van der Waals surface area contributed by atoms with Crippen LogP contribution in [0.4, 0.5) is 4.39 Å². The molecule has 2 fully saturated rings. The van der Waals surface area contributed by atoms with Crippen molar-refractivity contribution in [1.29, 1.82) is 0 Å². The fraction of sp³-hybridized carbons (Fsp3) is 0.550. The highest BCUT2D eigenvalue weighted by molar-refractivity contribution is 5.98. The van der Waals surface area contributed by atoms with Gasteiger partial charge in [-0.15, -0.1) is 0 Å². The van der Waals surface area contributed by atoms with E-state index >= 15 is 0 Å².